The normalized spacial score (nSPS) is 13.0. The summed E-state index contributed by atoms with van der Waals surface area (Å²) in [6.07, 6.45) is 0.538. The minimum absolute atomic E-state index is 0.0352. The molecular weight excluding hydrogens is 328 g/mol. The van der Waals surface area contributed by atoms with Crippen LogP contribution < -0.4 is 5.73 Å². The Morgan fingerprint density at radius 1 is 1.33 bits per heavy atom. The van der Waals surface area contributed by atoms with Gasteiger partial charge in [0.1, 0.15) is 0 Å². The molecule has 1 rings (SSSR count). The Morgan fingerprint density at radius 2 is 1.90 bits per heavy atom. The highest BCUT2D eigenvalue weighted by Crippen LogP contribution is 2.23. The van der Waals surface area contributed by atoms with Gasteiger partial charge in [-0.05, 0) is 42.5 Å². The SMILES string of the molecule is CCN(CC(C)(C)CN)C(=O)CC(C)c1ccc(Br)cc1. The predicted molar refractivity (Wildman–Crippen MR) is 92.3 cm³/mol. The van der Waals surface area contributed by atoms with E-state index in [2.05, 4.69) is 48.8 Å². The second-order valence-electron chi connectivity index (χ2n) is 6.43. The van der Waals surface area contributed by atoms with E-state index >= 15 is 0 Å². The van der Waals surface area contributed by atoms with Crippen molar-refractivity contribution in [3.05, 3.63) is 34.3 Å². The van der Waals surface area contributed by atoms with Crippen LogP contribution in [-0.4, -0.2) is 30.4 Å². The topological polar surface area (TPSA) is 46.3 Å². The van der Waals surface area contributed by atoms with Gasteiger partial charge in [-0.15, -0.1) is 0 Å². The quantitative estimate of drug-likeness (QED) is 0.809. The molecule has 0 aromatic heterocycles. The number of benzene rings is 1. The van der Waals surface area contributed by atoms with Crippen LogP contribution >= 0.6 is 15.9 Å². The molecule has 0 aliphatic rings. The number of halogens is 1. The molecule has 1 atom stereocenters. The van der Waals surface area contributed by atoms with E-state index in [4.69, 9.17) is 5.73 Å². The first-order valence-electron chi connectivity index (χ1n) is 7.52. The molecule has 1 amide bonds. The second kappa shape index (κ2) is 7.95. The number of hydrogen-bond donors (Lipinski definition) is 1. The van der Waals surface area contributed by atoms with Crippen LogP contribution in [0.3, 0.4) is 0 Å². The van der Waals surface area contributed by atoms with Crippen LogP contribution in [0.1, 0.15) is 45.6 Å². The number of nitrogens with zero attached hydrogens (tertiary/aromatic N) is 1. The highest BCUT2D eigenvalue weighted by atomic mass is 79.9. The molecule has 1 aromatic carbocycles. The Labute approximate surface area is 137 Å². The first-order chi connectivity index (χ1) is 9.79. The molecule has 4 heteroatoms. The van der Waals surface area contributed by atoms with Crippen molar-refractivity contribution >= 4 is 21.8 Å². The van der Waals surface area contributed by atoms with Crippen molar-refractivity contribution in [2.24, 2.45) is 11.1 Å². The summed E-state index contributed by atoms with van der Waals surface area (Å²) in [5.41, 5.74) is 6.93. The Kier molecular flexibility index (Phi) is 6.88. The van der Waals surface area contributed by atoms with Gasteiger partial charge in [0.15, 0.2) is 0 Å². The van der Waals surface area contributed by atoms with Gasteiger partial charge in [-0.2, -0.15) is 0 Å². The zero-order chi connectivity index (χ0) is 16.0. The van der Waals surface area contributed by atoms with Gasteiger partial charge in [-0.25, -0.2) is 0 Å². The molecule has 2 N–H and O–H groups in total. The molecule has 0 fully saturated rings. The Morgan fingerprint density at radius 3 is 2.38 bits per heavy atom. The molecule has 0 aliphatic heterocycles. The lowest BCUT2D eigenvalue weighted by Gasteiger charge is -2.31. The molecule has 0 saturated heterocycles. The van der Waals surface area contributed by atoms with Crippen molar-refractivity contribution in [2.75, 3.05) is 19.6 Å². The maximum Gasteiger partial charge on any atom is 0.223 e. The third kappa shape index (κ3) is 5.79. The molecule has 0 heterocycles. The molecule has 1 aromatic rings. The first kappa shape index (κ1) is 18.2. The molecule has 3 nitrogen and oxygen atoms in total. The van der Waals surface area contributed by atoms with Gasteiger partial charge in [-0.1, -0.05) is 48.8 Å². The number of rotatable bonds is 7. The average Bonchev–Trinajstić information content (AvgIpc) is 2.45. The lowest BCUT2D eigenvalue weighted by Crippen LogP contribution is -2.42. The van der Waals surface area contributed by atoms with Crippen molar-refractivity contribution in [1.82, 2.24) is 4.90 Å². The third-order valence-electron chi connectivity index (χ3n) is 3.83. The summed E-state index contributed by atoms with van der Waals surface area (Å²) in [4.78, 5) is 14.4. The van der Waals surface area contributed by atoms with Gasteiger partial charge < -0.3 is 10.6 Å². The van der Waals surface area contributed by atoms with Crippen LogP contribution in [0.4, 0.5) is 0 Å². The first-order valence-corrected chi connectivity index (χ1v) is 8.31. The lowest BCUT2D eigenvalue weighted by molar-refractivity contribution is -0.132. The molecule has 0 radical (unpaired) electrons. The van der Waals surface area contributed by atoms with Gasteiger partial charge in [0, 0.05) is 24.0 Å². The van der Waals surface area contributed by atoms with E-state index in [0.717, 1.165) is 11.0 Å². The fourth-order valence-corrected chi connectivity index (χ4v) is 2.52. The Hall–Kier alpha value is -0.870. The second-order valence-corrected chi connectivity index (χ2v) is 7.35. The van der Waals surface area contributed by atoms with E-state index < -0.39 is 0 Å². The van der Waals surface area contributed by atoms with Crippen LogP contribution in [0.2, 0.25) is 0 Å². The maximum atomic E-state index is 12.5. The minimum Gasteiger partial charge on any atom is -0.342 e. The summed E-state index contributed by atoms with van der Waals surface area (Å²) in [7, 11) is 0. The molecule has 0 aliphatic carbocycles. The fourth-order valence-electron chi connectivity index (χ4n) is 2.26. The summed E-state index contributed by atoms with van der Waals surface area (Å²) >= 11 is 3.43. The van der Waals surface area contributed by atoms with E-state index in [1.165, 1.54) is 5.56 Å². The zero-order valence-electron chi connectivity index (χ0n) is 13.5. The number of amides is 1. The van der Waals surface area contributed by atoms with Gasteiger partial charge in [0.2, 0.25) is 5.91 Å². The summed E-state index contributed by atoms with van der Waals surface area (Å²) < 4.78 is 1.06. The molecular formula is C17H27BrN2O. The van der Waals surface area contributed by atoms with E-state index in [1.54, 1.807) is 0 Å². The van der Waals surface area contributed by atoms with E-state index in [1.807, 2.05) is 24.0 Å². The molecule has 118 valence electrons. The average molecular weight is 355 g/mol. The van der Waals surface area contributed by atoms with Gasteiger partial charge >= 0.3 is 0 Å². The van der Waals surface area contributed by atoms with Crippen molar-refractivity contribution < 1.29 is 4.79 Å². The Balaban J connectivity index is 2.67. The smallest absolute Gasteiger partial charge is 0.223 e. The van der Waals surface area contributed by atoms with E-state index in [9.17, 15) is 4.79 Å². The third-order valence-corrected chi connectivity index (χ3v) is 4.35. The number of carbonyl (C=O) groups excluding carboxylic acids is 1. The summed E-state index contributed by atoms with van der Waals surface area (Å²) in [5.74, 6) is 0.426. The van der Waals surface area contributed by atoms with Gasteiger partial charge in [0.25, 0.3) is 0 Å². The number of hydrogen-bond acceptors (Lipinski definition) is 2. The zero-order valence-corrected chi connectivity index (χ0v) is 15.1. The lowest BCUT2D eigenvalue weighted by atomic mass is 9.92. The standard InChI is InChI=1S/C17H27BrN2O/c1-5-20(12-17(3,4)11-19)16(21)10-13(2)14-6-8-15(18)9-7-14/h6-9,13H,5,10-12,19H2,1-4H3. The predicted octanol–water partition coefficient (Wildman–Crippen LogP) is 3.78. The van der Waals surface area contributed by atoms with Crippen LogP contribution in [0, 0.1) is 5.41 Å². The Bertz CT molecular complexity index is 456. The van der Waals surface area contributed by atoms with Crippen molar-refractivity contribution in [2.45, 2.75) is 40.0 Å². The summed E-state index contributed by atoms with van der Waals surface area (Å²) in [6, 6.07) is 8.18. The van der Waals surface area contributed by atoms with E-state index in [-0.39, 0.29) is 17.2 Å². The van der Waals surface area contributed by atoms with Crippen LogP contribution in [0.5, 0.6) is 0 Å². The highest BCUT2D eigenvalue weighted by Gasteiger charge is 2.23. The van der Waals surface area contributed by atoms with Gasteiger partial charge in [0.05, 0.1) is 0 Å². The maximum absolute atomic E-state index is 12.5. The molecule has 0 bridgehead atoms. The van der Waals surface area contributed by atoms with Crippen LogP contribution in [0.15, 0.2) is 28.7 Å². The number of nitrogens with two attached hydrogens (primary N) is 1. The van der Waals surface area contributed by atoms with Crippen LogP contribution in [0.25, 0.3) is 0 Å². The molecule has 0 spiro atoms. The van der Waals surface area contributed by atoms with Crippen LogP contribution in [-0.2, 0) is 4.79 Å². The monoisotopic (exact) mass is 354 g/mol. The molecule has 21 heavy (non-hydrogen) atoms. The number of carbonyl (C=O) groups is 1. The van der Waals surface area contributed by atoms with E-state index in [0.29, 0.717) is 19.5 Å². The minimum atomic E-state index is -0.0352. The molecule has 0 saturated carbocycles. The largest absolute Gasteiger partial charge is 0.342 e. The molecule has 1 unspecified atom stereocenters. The van der Waals surface area contributed by atoms with Gasteiger partial charge in [-0.3, -0.25) is 4.79 Å². The summed E-state index contributed by atoms with van der Waals surface area (Å²) in [5, 5.41) is 0. The highest BCUT2D eigenvalue weighted by molar-refractivity contribution is 9.10. The van der Waals surface area contributed by atoms with Crippen molar-refractivity contribution in [1.29, 1.82) is 0 Å². The van der Waals surface area contributed by atoms with Crippen molar-refractivity contribution in [3.8, 4) is 0 Å². The van der Waals surface area contributed by atoms with Crippen molar-refractivity contribution in [3.63, 3.8) is 0 Å². The fraction of sp³-hybridized carbons (Fsp3) is 0.588. The summed E-state index contributed by atoms with van der Waals surface area (Å²) in [6.45, 7) is 10.3.